The zero-order valence-electron chi connectivity index (χ0n) is 7.33. The van der Waals surface area contributed by atoms with Crippen molar-refractivity contribution in [2.24, 2.45) is 0 Å². The number of rotatable bonds is 3. The minimum absolute atomic E-state index is 0.127. The van der Waals surface area contributed by atoms with E-state index in [-0.39, 0.29) is 12.8 Å². The van der Waals surface area contributed by atoms with Crippen molar-refractivity contribution in [1.82, 2.24) is 4.98 Å². The van der Waals surface area contributed by atoms with Gasteiger partial charge in [-0.05, 0) is 25.0 Å². The molecule has 0 aliphatic carbocycles. The predicted molar refractivity (Wildman–Crippen MR) is 44.6 cm³/mol. The van der Waals surface area contributed by atoms with Crippen LogP contribution in [-0.4, -0.2) is 22.4 Å². The first-order chi connectivity index (χ1) is 6.50. The number of hydrogen-bond acceptors (Lipinski definition) is 2. The monoisotopic (exact) mass is 205 g/mol. The first-order valence-corrected chi connectivity index (χ1v) is 4.15. The summed E-state index contributed by atoms with van der Waals surface area (Å²) in [6, 6.07) is 5.01. The van der Waals surface area contributed by atoms with Crippen molar-refractivity contribution in [1.29, 1.82) is 0 Å². The van der Waals surface area contributed by atoms with Crippen LogP contribution in [0.15, 0.2) is 24.4 Å². The fraction of sp³-hybridized carbons (Fsp3) is 0.444. The molecular weight excluding hydrogens is 195 g/mol. The summed E-state index contributed by atoms with van der Waals surface area (Å²) in [5.41, 5.74) is 0.552. The van der Waals surface area contributed by atoms with Crippen molar-refractivity contribution >= 4 is 0 Å². The highest BCUT2D eigenvalue weighted by atomic mass is 19.4. The molecule has 5 heteroatoms. The maximum absolute atomic E-state index is 11.9. The molecule has 0 saturated carbocycles. The molecule has 0 amide bonds. The number of pyridine rings is 1. The van der Waals surface area contributed by atoms with E-state index in [2.05, 4.69) is 4.98 Å². The van der Waals surface area contributed by atoms with Gasteiger partial charge in [-0.25, -0.2) is 0 Å². The minimum atomic E-state index is -4.53. The van der Waals surface area contributed by atoms with Crippen LogP contribution >= 0.6 is 0 Å². The Morgan fingerprint density at radius 2 is 2.07 bits per heavy atom. The summed E-state index contributed by atoms with van der Waals surface area (Å²) in [5.74, 6) is 0. The summed E-state index contributed by atoms with van der Waals surface area (Å²) in [6.45, 7) is 0. The Bertz CT molecular complexity index is 273. The van der Waals surface area contributed by atoms with Crippen LogP contribution in [0.1, 0.15) is 12.1 Å². The molecule has 1 atom stereocenters. The van der Waals surface area contributed by atoms with Crippen LogP contribution < -0.4 is 0 Å². The van der Waals surface area contributed by atoms with E-state index >= 15 is 0 Å². The number of aryl methyl sites for hydroxylation is 1. The molecule has 1 aromatic heterocycles. The van der Waals surface area contributed by atoms with Crippen molar-refractivity contribution in [3.8, 4) is 0 Å². The number of nitrogens with zero attached hydrogens (tertiary/aromatic N) is 1. The highest BCUT2D eigenvalue weighted by Crippen LogP contribution is 2.23. The molecule has 0 aliphatic heterocycles. The Morgan fingerprint density at radius 1 is 1.36 bits per heavy atom. The van der Waals surface area contributed by atoms with Gasteiger partial charge in [0.25, 0.3) is 0 Å². The van der Waals surface area contributed by atoms with Crippen LogP contribution in [0.25, 0.3) is 0 Å². The second-order valence-corrected chi connectivity index (χ2v) is 2.92. The van der Waals surface area contributed by atoms with E-state index in [4.69, 9.17) is 5.11 Å². The number of aromatic nitrogens is 1. The fourth-order valence-corrected chi connectivity index (χ4v) is 0.994. The molecular formula is C9H10F3NO. The fourth-order valence-electron chi connectivity index (χ4n) is 0.994. The Balaban J connectivity index is 2.42. The molecule has 0 bridgehead atoms. The number of aliphatic hydroxyl groups is 1. The second-order valence-electron chi connectivity index (χ2n) is 2.92. The van der Waals surface area contributed by atoms with E-state index in [9.17, 15) is 13.2 Å². The van der Waals surface area contributed by atoms with Gasteiger partial charge >= 0.3 is 6.18 Å². The van der Waals surface area contributed by atoms with Crippen LogP contribution in [-0.2, 0) is 6.42 Å². The first kappa shape index (κ1) is 11.0. The first-order valence-electron chi connectivity index (χ1n) is 4.15. The lowest BCUT2D eigenvalue weighted by molar-refractivity contribution is -0.205. The van der Waals surface area contributed by atoms with Crippen LogP contribution in [0, 0.1) is 0 Å². The molecule has 0 saturated heterocycles. The van der Waals surface area contributed by atoms with Gasteiger partial charge < -0.3 is 5.11 Å². The molecule has 78 valence electrons. The van der Waals surface area contributed by atoms with Crippen molar-refractivity contribution in [3.05, 3.63) is 30.1 Å². The average Bonchev–Trinajstić information content (AvgIpc) is 2.14. The quantitative estimate of drug-likeness (QED) is 0.817. The zero-order chi connectivity index (χ0) is 10.6. The molecule has 0 aliphatic rings. The highest BCUT2D eigenvalue weighted by molar-refractivity contribution is 5.03. The van der Waals surface area contributed by atoms with Gasteiger partial charge in [-0.2, -0.15) is 13.2 Å². The number of hydrogen-bond donors (Lipinski definition) is 1. The maximum atomic E-state index is 11.9. The van der Waals surface area contributed by atoms with E-state index in [0.29, 0.717) is 5.69 Å². The summed E-state index contributed by atoms with van der Waals surface area (Å²) in [4.78, 5) is 3.85. The molecule has 0 aromatic carbocycles. The highest BCUT2D eigenvalue weighted by Gasteiger charge is 2.37. The third-order valence-electron chi connectivity index (χ3n) is 1.78. The molecule has 1 aromatic rings. The Hall–Kier alpha value is -1.10. The van der Waals surface area contributed by atoms with Gasteiger partial charge in [0.2, 0.25) is 0 Å². The smallest absolute Gasteiger partial charge is 0.384 e. The number of halogens is 3. The molecule has 1 unspecified atom stereocenters. The Kier molecular flexibility index (Phi) is 3.46. The van der Waals surface area contributed by atoms with E-state index in [0.717, 1.165) is 0 Å². The third-order valence-corrected chi connectivity index (χ3v) is 1.78. The van der Waals surface area contributed by atoms with E-state index in [1.807, 2.05) is 0 Å². The summed E-state index contributed by atoms with van der Waals surface area (Å²) >= 11 is 0. The van der Waals surface area contributed by atoms with Crippen LogP contribution in [0.4, 0.5) is 13.2 Å². The van der Waals surface area contributed by atoms with Gasteiger partial charge in [0, 0.05) is 11.9 Å². The summed E-state index contributed by atoms with van der Waals surface area (Å²) in [6.07, 6.45) is -5.50. The summed E-state index contributed by atoms with van der Waals surface area (Å²) in [5, 5.41) is 8.69. The van der Waals surface area contributed by atoms with Crippen LogP contribution in [0.2, 0.25) is 0 Å². The van der Waals surface area contributed by atoms with Gasteiger partial charge in [-0.1, -0.05) is 6.07 Å². The number of aliphatic hydroxyl groups excluding tert-OH is 1. The molecule has 1 heterocycles. The lowest BCUT2D eigenvalue weighted by Gasteiger charge is -2.13. The van der Waals surface area contributed by atoms with Gasteiger partial charge in [0.05, 0.1) is 0 Å². The van der Waals surface area contributed by atoms with E-state index in [1.54, 1.807) is 18.2 Å². The van der Waals surface area contributed by atoms with Crippen LogP contribution in [0.3, 0.4) is 0 Å². The van der Waals surface area contributed by atoms with Gasteiger partial charge in [0.15, 0.2) is 0 Å². The van der Waals surface area contributed by atoms with Crippen LogP contribution in [0.5, 0.6) is 0 Å². The van der Waals surface area contributed by atoms with E-state index in [1.165, 1.54) is 6.20 Å². The molecule has 2 nitrogen and oxygen atoms in total. The topological polar surface area (TPSA) is 33.1 Å². The molecule has 0 radical (unpaired) electrons. The lowest BCUT2D eigenvalue weighted by atomic mass is 10.1. The third kappa shape index (κ3) is 3.33. The molecule has 14 heavy (non-hydrogen) atoms. The van der Waals surface area contributed by atoms with Gasteiger partial charge in [0.1, 0.15) is 6.10 Å². The van der Waals surface area contributed by atoms with Crippen molar-refractivity contribution < 1.29 is 18.3 Å². The molecule has 1 N–H and O–H groups in total. The van der Waals surface area contributed by atoms with Crippen molar-refractivity contribution in [3.63, 3.8) is 0 Å². The number of alkyl halides is 3. The van der Waals surface area contributed by atoms with Gasteiger partial charge in [-0.15, -0.1) is 0 Å². The largest absolute Gasteiger partial charge is 0.414 e. The molecule has 0 spiro atoms. The minimum Gasteiger partial charge on any atom is -0.384 e. The van der Waals surface area contributed by atoms with Crippen molar-refractivity contribution in [2.45, 2.75) is 25.1 Å². The molecule has 0 fully saturated rings. The SMILES string of the molecule is OC(CCc1ccccn1)C(F)(F)F. The molecule has 1 rings (SSSR count). The van der Waals surface area contributed by atoms with E-state index < -0.39 is 12.3 Å². The van der Waals surface area contributed by atoms with Crippen molar-refractivity contribution in [2.75, 3.05) is 0 Å². The van der Waals surface area contributed by atoms with Gasteiger partial charge in [-0.3, -0.25) is 4.98 Å². The standard InChI is InChI=1S/C9H10F3NO/c10-9(11,12)8(14)5-4-7-3-1-2-6-13-7/h1-3,6,8,14H,4-5H2. The Morgan fingerprint density at radius 3 is 2.57 bits per heavy atom. The maximum Gasteiger partial charge on any atom is 0.414 e. The average molecular weight is 205 g/mol. The second kappa shape index (κ2) is 4.41. The Labute approximate surface area is 79.4 Å². The summed E-state index contributed by atoms with van der Waals surface area (Å²) in [7, 11) is 0. The summed E-state index contributed by atoms with van der Waals surface area (Å²) < 4.78 is 35.6. The zero-order valence-corrected chi connectivity index (χ0v) is 7.33. The lowest BCUT2D eigenvalue weighted by Crippen LogP contribution is -2.28. The predicted octanol–water partition coefficient (Wildman–Crippen LogP) is 1.94. The normalized spacial score (nSPS) is 14.0.